The Labute approximate surface area is 133 Å². The van der Waals surface area contributed by atoms with Gasteiger partial charge in [-0.3, -0.25) is 4.90 Å². The van der Waals surface area contributed by atoms with Gasteiger partial charge in [0.05, 0.1) is 12.1 Å². The predicted octanol–water partition coefficient (Wildman–Crippen LogP) is 0.973. The van der Waals surface area contributed by atoms with Crippen LogP contribution in [0.2, 0.25) is 0 Å². The summed E-state index contributed by atoms with van der Waals surface area (Å²) in [6.07, 6.45) is -0.437. The summed E-state index contributed by atoms with van der Waals surface area (Å²) in [5, 5.41) is 12.3. The Bertz CT molecular complexity index is 668. The third kappa shape index (κ3) is 2.30. The van der Waals surface area contributed by atoms with Crippen molar-refractivity contribution in [2.24, 2.45) is 0 Å². The van der Waals surface area contributed by atoms with Crippen molar-refractivity contribution in [3.05, 3.63) is 35.9 Å². The second-order valence-corrected chi connectivity index (χ2v) is 5.87. The molecule has 1 aromatic carbocycles. The van der Waals surface area contributed by atoms with E-state index in [0.29, 0.717) is 12.3 Å². The molecule has 0 bridgehead atoms. The first kappa shape index (κ1) is 15.6. The number of ether oxygens (including phenoxy) is 1. The van der Waals surface area contributed by atoms with Gasteiger partial charge in [-0.15, -0.1) is 5.06 Å². The third-order valence-electron chi connectivity index (χ3n) is 4.59. The van der Waals surface area contributed by atoms with Gasteiger partial charge >= 0.3 is 6.09 Å². The average Bonchev–Trinajstić information content (AvgIpc) is 2.71. The predicted molar refractivity (Wildman–Crippen MR) is 80.1 cm³/mol. The number of likely N-dealkylation sites (N-methyl/N-ethyl adjacent to an activating group) is 1. The van der Waals surface area contributed by atoms with Crippen molar-refractivity contribution in [1.82, 2.24) is 9.96 Å². The first-order valence-corrected chi connectivity index (χ1v) is 7.32. The normalized spacial score (nSPS) is 31.2. The summed E-state index contributed by atoms with van der Waals surface area (Å²) in [4.78, 5) is 30.1. The SMILES string of the molecule is CN1C(=O)OC2(CCN(Oc3ccccc3)CC2=C=O)C1(C)O. The zero-order valence-electron chi connectivity index (χ0n) is 13.0. The molecule has 2 heterocycles. The molecule has 3 rings (SSSR count). The molecule has 2 unspecified atom stereocenters. The highest BCUT2D eigenvalue weighted by Crippen LogP contribution is 2.45. The molecule has 1 amide bonds. The quantitative estimate of drug-likeness (QED) is 0.819. The van der Waals surface area contributed by atoms with Crippen LogP contribution in [0.15, 0.2) is 35.9 Å². The van der Waals surface area contributed by atoms with Crippen LogP contribution in [0.5, 0.6) is 5.75 Å². The van der Waals surface area contributed by atoms with E-state index in [4.69, 9.17) is 9.57 Å². The van der Waals surface area contributed by atoms with Crippen LogP contribution < -0.4 is 4.84 Å². The van der Waals surface area contributed by atoms with Crippen molar-refractivity contribution in [3.63, 3.8) is 0 Å². The Hall–Kier alpha value is -2.34. The summed E-state index contributed by atoms with van der Waals surface area (Å²) in [5.74, 6) is 2.47. The van der Waals surface area contributed by atoms with Gasteiger partial charge in [-0.25, -0.2) is 9.59 Å². The summed E-state index contributed by atoms with van der Waals surface area (Å²) in [6.45, 7) is 1.94. The third-order valence-corrected chi connectivity index (χ3v) is 4.59. The van der Waals surface area contributed by atoms with Gasteiger partial charge in [0.25, 0.3) is 0 Å². The number of hydroxylamine groups is 2. The van der Waals surface area contributed by atoms with E-state index >= 15 is 0 Å². The number of rotatable bonds is 2. The van der Waals surface area contributed by atoms with Gasteiger partial charge in [0.1, 0.15) is 11.7 Å². The van der Waals surface area contributed by atoms with Crippen LogP contribution in [0.4, 0.5) is 4.79 Å². The van der Waals surface area contributed by atoms with E-state index in [2.05, 4.69) is 0 Å². The van der Waals surface area contributed by atoms with Crippen molar-refractivity contribution in [2.45, 2.75) is 24.7 Å². The van der Waals surface area contributed by atoms with Crippen molar-refractivity contribution in [3.8, 4) is 5.75 Å². The largest absolute Gasteiger partial charge is 0.432 e. The lowest BCUT2D eigenvalue weighted by Crippen LogP contribution is -2.61. The molecule has 0 aliphatic carbocycles. The van der Waals surface area contributed by atoms with Crippen molar-refractivity contribution in [1.29, 1.82) is 0 Å². The number of nitrogens with zero attached hydrogens (tertiary/aromatic N) is 2. The zero-order valence-corrected chi connectivity index (χ0v) is 13.0. The number of hydrogen-bond donors (Lipinski definition) is 1. The molecule has 1 spiro atoms. The lowest BCUT2D eigenvalue weighted by molar-refractivity contribution is -0.159. The van der Waals surface area contributed by atoms with E-state index in [9.17, 15) is 14.7 Å². The van der Waals surface area contributed by atoms with E-state index < -0.39 is 17.4 Å². The van der Waals surface area contributed by atoms with Crippen LogP contribution in [-0.4, -0.2) is 58.6 Å². The maximum atomic E-state index is 11.9. The Balaban J connectivity index is 1.83. The zero-order chi connectivity index (χ0) is 16.7. The lowest BCUT2D eigenvalue weighted by atomic mass is 9.79. The average molecular weight is 318 g/mol. The van der Waals surface area contributed by atoms with Crippen molar-refractivity contribution < 1.29 is 24.3 Å². The van der Waals surface area contributed by atoms with Gasteiger partial charge in [-0.1, -0.05) is 18.2 Å². The molecule has 7 heteroatoms. The minimum Gasteiger partial charge on any atom is -0.432 e. The Morgan fingerprint density at radius 1 is 1.35 bits per heavy atom. The van der Waals surface area contributed by atoms with Crippen LogP contribution in [0, 0.1) is 0 Å². The second-order valence-electron chi connectivity index (χ2n) is 5.87. The van der Waals surface area contributed by atoms with Crippen molar-refractivity contribution in [2.75, 3.05) is 20.1 Å². The maximum absolute atomic E-state index is 11.9. The number of carbonyl (C=O) groups excluding carboxylic acids is 2. The number of para-hydroxylation sites is 1. The van der Waals surface area contributed by atoms with Gasteiger partial charge in [0.15, 0.2) is 11.3 Å². The van der Waals surface area contributed by atoms with E-state index in [0.717, 1.165) is 4.90 Å². The van der Waals surface area contributed by atoms with E-state index in [1.54, 1.807) is 17.2 Å². The number of hydrogen-bond acceptors (Lipinski definition) is 6. The molecule has 0 saturated carbocycles. The summed E-state index contributed by atoms with van der Waals surface area (Å²) in [6, 6.07) is 9.16. The first-order valence-electron chi connectivity index (χ1n) is 7.32. The fourth-order valence-electron chi connectivity index (χ4n) is 3.04. The fourth-order valence-corrected chi connectivity index (χ4v) is 3.04. The van der Waals surface area contributed by atoms with Crippen LogP contribution in [-0.2, 0) is 9.53 Å². The molecule has 2 fully saturated rings. The molecule has 23 heavy (non-hydrogen) atoms. The smallest absolute Gasteiger partial charge is 0.413 e. The molecular formula is C16H18N2O5. The number of piperidine rings is 1. The Morgan fingerprint density at radius 3 is 2.61 bits per heavy atom. The highest BCUT2D eigenvalue weighted by molar-refractivity contribution is 5.75. The standard InChI is InChI=1S/C16H18N2O5/c1-15(21)16(22-14(20)17(15)2)8-9-18(10-12(16)11-19)23-13-6-4-3-5-7-13/h3-7,21H,8-10H2,1-2H3. The Morgan fingerprint density at radius 2 is 2.04 bits per heavy atom. The maximum Gasteiger partial charge on any atom is 0.413 e. The first-order chi connectivity index (χ1) is 10.9. The minimum absolute atomic E-state index is 0.0929. The van der Waals surface area contributed by atoms with Crippen LogP contribution in [0.25, 0.3) is 0 Å². The van der Waals surface area contributed by atoms with Crippen LogP contribution in [0.3, 0.4) is 0 Å². The van der Waals surface area contributed by atoms with E-state index in [1.165, 1.54) is 14.0 Å². The number of benzene rings is 1. The molecule has 0 aromatic heterocycles. The van der Waals surface area contributed by atoms with Gasteiger partial charge < -0.3 is 14.7 Å². The highest BCUT2D eigenvalue weighted by Gasteiger charge is 2.64. The molecule has 0 radical (unpaired) electrons. The van der Waals surface area contributed by atoms with Gasteiger partial charge in [0.2, 0.25) is 0 Å². The lowest BCUT2D eigenvalue weighted by Gasteiger charge is -2.43. The summed E-state index contributed by atoms with van der Waals surface area (Å²) < 4.78 is 5.37. The molecule has 7 nitrogen and oxygen atoms in total. The fraction of sp³-hybridized carbons (Fsp3) is 0.438. The van der Waals surface area contributed by atoms with Gasteiger partial charge in [-0.05, 0) is 19.1 Å². The highest BCUT2D eigenvalue weighted by atomic mass is 16.7. The number of carbonyl (C=O) groups is 1. The van der Waals surface area contributed by atoms with E-state index in [-0.39, 0.29) is 18.5 Å². The Kier molecular flexibility index (Phi) is 3.64. The molecule has 1 aromatic rings. The topological polar surface area (TPSA) is 79.3 Å². The van der Waals surface area contributed by atoms with E-state index in [1.807, 2.05) is 24.1 Å². The molecular weight excluding hydrogens is 300 g/mol. The molecule has 1 N–H and O–H groups in total. The molecule has 2 aliphatic heterocycles. The van der Waals surface area contributed by atoms with Crippen molar-refractivity contribution >= 4 is 12.0 Å². The molecule has 122 valence electrons. The summed E-state index contributed by atoms with van der Waals surface area (Å²) >= 11 is 0. The van der Waals surface area contributed by atoms with Crippen LogP contribution in [0.1, 0.15) is 13.3 Å². The summed E-state index contributed by atoms with van der Waals surface area (Å²) in [5.41, 5.74) is -2.85. The van der Waals surface area contributed by atoms with Crippen LogP contribution >= 0.6 is 0 Å². The minimum atomic E-state index is -1.62. The second kappa shape index (κ2) is 5.38. The van der Waals surface area contributed by atoms with Gasteiger partial charge in [-0.2, -0.15) is 0 Å². The molecule has 2 saturated heterocycles. The number of amides is 1. The molecule has 2 atom stereocenters. The van der Waals surface area contributed by atoms with Gasteiger partial charge in [0, 0.05) is 20.0 Å². The molecule has 2 aliphatic rings. The summed E-state index contributed by atoms with van der Waals surface area (Å²) in [7, 11) is 1.44. The number of aliphatic hydroxyl groups is 1. The monoisotopic (exact) mass is 318 g/mol.